The molecule has 8 heteroatoms. The highest BCUT2D eigenvalue weighted by Crippen LogP contribution is 2.33. The van der Waals surface area contributed by atoms with Crippen molar-refractivity contribution in [2.24, 2.45) is 5.92 Å². The maximum atomic E-state index is 13.9. The molecule has 0 aliphatic carbocycles. The van der Waals surface area contributed by atoms with Crippen LogP contribution in [0.15, 0.2) is 66.7 Å². The molecule has 0 spiro atoms. The lowest BCUT2D eigenvalue weighted by Crippen LogP contribution is -2.50. The van der Waals surface area contributed by atoms with Gasteiger partial charge < -0.3 is 25.0 Å². The number of hydrogen-bond acceptors (Lipinski definition) is 4. The number of aryl methyl sites for hydroxylation is 1. The number of halogens is 1. The molecule has 0 unspecified atom stereocenters. The fourth-order valence-corrected chi connectivity index (χ4v) is 4.89. The number of amides is 3. The molecule has 0 saturated carbocycles. The number of piperidine rings is 1. The van der Waals surface area contributed by atoms with Crippen molar-refractivity contribution in [3.05, 3.63) is 94.8 Å². The normalized spacial score (nSPS) is 18.4. The van der Waals surface area contributed by atoms with Crippen LogP contribution in [0.3, 0.4) is 0 Å². The van der Waals surface area contributed by atoms with E-state index in [0.717, 1.165) is 16.7 Å². The lowest BCUT2D eigenvalue weighted by molar-refractivity contribution is -0.126. The fraction of sp³-hybridized carbons (Fsp3) is 0.310. The Hall–Kier alpha value is -4.07. The van der Waals surface area contributed by atoms with Crippen LogP contribution in [-0.4, -0.2) is 36.7 Å². The number of benzene rings is 3. The molecular formula is C29H30FN3O4. The van der Waals surface area contributed by atoms with E-state index in [0.29, 0.717) is 49.7 Å². The number of carbonyl (C=O) groups is 2. The van der Waals surface area contributed by atoms with Crippen LogP contribution in [0.4, 0.5) is 9.18 Å². The lowest BCUT2D eigenvalue weighted by Gasteiger charge is -2.37. The molecule has 1 saturated heterocycles. The van der Waals surface area contributed by atoms with Crippen LogP contribution >= 0.6 is 0 Å². The van der Waals surface area contributed by atoms with Crippen LogP contribution in [-0.2, 0) is 17.9 Å². The van der Waals surface area contributed by atoms with E-state index < -0.39 is 5.92 Å². The van der Waals surface area contributed by atoms with Crippen molar-refractivity contribution in [1.82, 2.24) is 15.5 Å². The van der Waals surface area contributed by atoms with E-state index >= 15 is 0 Å². The van der Waals surface area contributed by atoms with Gasteiger partial charge in [-0.25, -0.2) is 9.18 Å². The second-order valence-corrected chi connectivity index (χ2v) is 9.59. The summed E-state index contributed by atoms with van der Waals surface area (Å²) >= 11 is 0. The second kappa shape index (κ2) is 10.9. The van der Waals surface area contributed by atoms with Gasteiger partial charge in [-0.3, -0.25) is 4.79 Å². The van der Waals surface area contributed by atoms with Crippen LogP contribution in [0.25, 0.3) is 0 Å². The molecule has 2 atom stereocenters. The predicted octanol–water partition coefficient (Wildman–Crippen LogP) is 4.49. The highest BCUT2D eigenvalue weighted by molar-refractivity contribution is 5.81. The molecule has 2 heterocycles. The van der Waals surface area contributed by atoms with Crippen molar-refractivity contribution in [3.8, 4) is 11.5 Å². The van der Waals surface area contributed by atoms with Gasteiger partial charge in [-0.15, -0.1) is 0 Å². The topological polar surface area (TPSA) is 79.9 Å². The van der Waals surface area contributed by atoms with Gasteiger partial charge in [0.2, 0.25) is 12.7 Å². The molecule has 5 rings (SSSR count). The Kier molecular flexibility index (Phi) is 7.25. The SMILES string of the molecule is Cc1cc([C@@H]2C[C@H](C(=O)NCc3ccc4c(c3)OCO4)CN(C(=O)NCc3ccccc3)C2)ccc1F. The maximum absolute atomic E-state index is 13.9. The van der Waals surface area contributed by atoms with Crippen LogP contribution in [0.5, 0.6) is 11.5 Å². The van der Waals surface area contributed by atoms with Gasteiger partial charge >= 0.3 is 6.03 Å². The number of rotatable bonds is 6. The molecule has 1 fully saturated rings. The average molecular weight is 504 g/mol. The van der Waals surface area contributed by atoms with Crippen molar-refractivity contribution in [2.75, 3.05) is 19.9 Å². The van der Waals surface area contributed by atoms with Crippen LogP contribution < -0.4 is 20.1 Å². The van der Waals surface area contributed by atoms with Crippen molar-refractivity contribution < 1.29 is 23.5 Å². The Labute approximate surface area is 215 Å². The number of likely N-dealkylation sites (tertiary alicyclic amines) is 1. The molecule has 0 aromatic heterocycles. The molecule has 37 heavy (non-hydrogen) atoms. The smallest absolute Gasteiger partial charge is 0.317 e. The van der Waals surface area contributed by atoms with E-state index in [1.165, 1.54) is 6.07 Å². The Morgan fingerprint density at radius 2 is 1.70 bits per heavy atom. The third-order valence-electron chi connectivity index (χ3n) is 6.95. The first-order valence-corrected chi connectivity index (χ1v) is 12.5. The molecule has 2 N–H and O–H groups in total. The van der Waals surface area contributed by atoms with Gasteiger partial charge in [0.05, 0.1) is 5.92 Å². The summed E-state index contributed by atoms with van der Waals surface area (Å²) < 4.78 is 24.7. The highest BCUT2D eigenvalue weighted by atomic mass is 19.1. The van der Waals surface area contributed by atoms with Gasteiger partial charge in [0.1, 0.15) is 5.82 Å². The number of carbonyl (C=O) groups excluding carboxylic acids is 2. The van der Waals surface area contributed by atoms with Gasteiger partial charge in [-0.2, -0.15) is 0 Å². The quantitative estimate of drug-likeness (QED) is 0.519. The number of nitrogens with zero attached hydrogens (tertiary/aromatic N) is 1. The zero-order valence-corrected chi connectivity index (χ0v) is 20.7. The van der Waals surface area contributed by atoms with Gasteiger partial charge in [-0.1, -0.05) is 48.5 Å². The van der Waals surface area contributed by atoms with Crippen molar-refractivity contribution in [2.45, 2.75) is 32.4 Å². The number of fused-ring (bicyclic) bond motifs is 1. The molecule has 3 aromatic carbocycles. The minimum Gasteiger partial charge on any atom is -0.454 e. The third kappa shape index (κ3) is 5.85. The summed E-state index contributed by atoms with van der Waals surface area (Å²) in [6.45, 7) is 3.42. The molecular weight excluding hydrogens is 473 g/mol. The first-order valence-electron chi connectivity index (χ1n) is 12.5. The first-order chi connectivity index (χ1) is 18.0. The summed E-state index contributed by atoms with van der Waals surface area (Å²) in [5.41, 5.74) is 3.37. The van der Waals surface area contributed by atoms with E-state index in [9.17, 15) is 14.0 Å². The van der Waals surface area contributed by atoms with Gasteiger partial charge in [0.25, 0.3) is 0 Å². The maximum Gasteiger partial charge on any atom is 0.317 e. The van der Waals surface area contributed by atoms with E-state index in [1.54, 1.807) is 17.9 Å². The van der Waals surface area contributed by atoms with E-state index in [1.807, 2.05) is 54.6 Å². The zero-order chi connectivity index (χ0) is 25.8. The Morgan fingerprint density at radius 1 is 0.919 bits per heavy atom. The molecule has 3 amide bonds. The molecule has 2 aliphatic rings. The summed E-state index contributed by atoms with van der Waals surface area (Å²) in [6, 6.07) is 20.1. The standard InChI is InChI=1S/C29H30FN3O4/c1-19-11-22(8-9-25(19)30)23-13-24(17-33(16-23)29(35)32-14-20-5-3-2-4-6-20)28(34)31-15-21-7-10-26-27(12-21)37-18-36-26/h2-12,23-24H,13-18H2,1H3,(H,31,34)(H,32,35)/t23-,24+/m1/s1. The summed E-state index contributed by atoms with van der Waals surface area (Å²) in [7, 11) is 0. The van der Waals surface area contributed by atoms with Crippen molar-refractivity contribution in [3.63, 3.8) is 0 Å². The molecule has 2 aliphatic heterocycles. The van der Waals surface area contributed by atoms with Gasteiger partial charge in [0, 0.05) is 32.1 Å². The number of hydrogen-bond donors (Lipinski definition) is 2. The molecule has 0 radical (unpaired) electrons. The van der Waals surface area contributed by atoms with Gasteiger partial charge in [-0.05, 0) is 53.8 Å². The first kappa shape index (κ1) is 24.6. The van der Waals surface area contributed by atoms with Crippen LogP contribution in [0.2, 0.25) is 0 Å². The van der Waals surface area contributed by atoms with Crippen molar-refractivity contribution >= 4 is 11.9 Å². The largest absolute Gasteiger partial charge is 0.454 e. The minimum absolute atomic E-state index is 0.0863. The van der Waals surface area contributed by atoms with Crippen molar-refractivity contribution in [1.29, 1.82) is 0 Å². The van der Waals surface area contributed by atoms with E-state index in [2.05, 4.69) is 10.6 Å². The number of nitrogens with one attached hydrogen (secondary N) is 2. The second-order valence-electron chi connectivity index (χ2n) is 9.59. The summed E-state index contributed by atoms with van der Waals surface area (Å²) in [6.07, 6.45) is 0.570. The van der Waals surface area contributed by atoms with Crippen LogP contribution in [0.1, 0.15) is 34.6 Å². The molecule has 0 bridgehead atoms. The lowest BCUT2D eigenvalue weighted by atomic mass is 9.83. The summed E-state index contributed by atoms with van der Waals surface area (Å²) in [4.78, 5) is 28.1. The number of urea groups is 1. The summed E-state index contributed by atoms with van der Waals surface area (Å²) in [5.74, 6) is 0.476. The van der Waals surface area contributed by atoms with E-state index in [4.69, 9.17) is 9.47 Å². The van der Waals surface area contributed by atoms with Gasteiger partial charge in [0.15, 0.2) is 11.5 Å². The third-order valence-corrected chi connectivity index (χ3v) is 6.95. The Bertz CT molecular complexity index is 1280. The Morgan fingerprint density at radius 3 is 2.51 bits per heavy atom. The molecule has 3 aromatic rings. The predicted molar refractivity (Wildman–Crippen MR) is 137 cm³/mol. The summed E-state index contributed by atoms with van der Waals surface area (Å²) in [5, 5.41) is 5.99. The average Bonchev–Trinajstić information content (AvgIpc) is 3.40. The molecule has 192 valence electrons. The molecule has 7 nitrogen and oxygen atoms in total. The van der Waals surface area contributed by atoms with Crippen LogP contribution in [0, 0.1) is 18.7 Å². The highest BCUT2D eigenvalue weighted by Gasteiger charge is 2.34. The number of ether oxygens (including phenoxy) is 2. The van der Waals surface area contributed by atoms with E-state index in [-0.39, 0.29) is 30.5 Å². The minimum atomic E-state index is -0.402. The zero-order valence-electron chi connectivity index (χ0n) is 20.7. The monoisotopic (exact) mass is 503 g/mol. The fourth-order valence-electron chi connectivity index (χ4n) is 4.89. The Balaban J connectivity index is 1.28.